The highest BCUT2D eigenvalue weighted by atomic mass is 16.6. The highest BCUT2D eigenvalue weighted by Gasteiger charge is 2.41. The van der Waals surface area contributed by atoms with Gasteiger partial charge < -0.3 is 15.6 Å². The van der Waals surface area contributed by atoms with Crippen LogP contribution >= 0.6 is 0 Å². The van der Waals surface area contributed by atoms with Gasteiger partial charge in [-0.3, -0.25) is 9.69 Å². The molecule has 0 unspecified atom stereocenters. The summed E-state index contributed by atoms with van der Waals surface area (Å²) >= 11 is 0. The molecule has 0 radical (unpaired) electrons. The quantitative estimate of drug-likeness (QED) is 0.654. The van der Waals surface area contributed by atoms with Crippen LogP contribution < -0.4 is 5.73 Å². The lowest BCUT2D eigenvalue weighted by molar-refractivity contribution is -0.124. The van der Waals surface area contributed by atoms with Crippen LogP contribution in [0.2, 0.25) is 0 Å². The summed E-state index contributed by atoms with van der Waals surface area (Å²) in [6.07, 6.45) is -1.18. The fourth-order valence-electron chi connectivity index (χ4n) is 1.64. The standard InChI is InChI=1S/C10H18N2O4/c1-10(2,3)16-9(15)12-5-4-6(13)7(12)8(11)14/h6-7,13H,4-5H2,1-3H3,(H2,11,14)/t6-,7-/m0/s1. The van der Waals surface area contributed by atoms with Crippen molar-refractivity contribution in [2.24, 2.45) is 5.73 Å². The SMILES string of the molecule is CC(C)(C)OC(=O)N1CC[C@H](O)[C@H]1C(N)=O. The minimum atomic E-state index is -0.977. The summed E-state index contributed by atoms with van der Waals surface area (Å²) in [5.41, 5.74) is 4.50. The van der Waals surface area contributed by atoms with Crippen molar-refractivity contribution >= 4 is 12.0 Å². The van der Waals surface area contributed by atoms with Gasteiger partial charge in [0.15, 0.2) is 0 Å². The first-order valence-electron chi connectivity index (χ1n) is 5.19. The Morgan fingerprint density at radius 3 is 2.44 bits per heavy atom. The number of carbonyl (C=O) groups excluding carboxylic acids is 2. The maximum atomic E-state index is 11.7. The molecule has 16 heavy (non-hydrogen) atoms. The summed E-state index contributed by atoms with van der Waals surface area (Å²) < 4.78 is 5.12. The van der Waals surface area contributed by atoms with Crippen molar-refractivity contribution in [3.05, 3.63) is 0 Å². The number of amides is 2. The highest BCUT2D eigenvalue weighted by molar-refractivity contribution is 5.85. The molecule has 0 bridgehead atoms. The van der Waals surface area contributed by atoms with Crippen molar-refractivity contribution in [3.63, 3.8) is 0 Å². The third-order valence-corrected chi connectivity index (χ3v) is 2.29. The fraction of sp³-hybridized carbons (Fsp3) is 0.800. The summed E-state index contributed by atoms with van der Waals surface area (Å²) in [7, 11) is 0. The molecule has 1 rings (SSSR count). The van der Waals surface area contributed by atoms with Crippen molar-refractivity contribution in [2.45, 2.75) is 44.9 Å². The number of rotatable bonds is 1. The summed E-state index contributed by atoms with van der Waals surface area (Å²) in [6.45, 7) is 5.48. The second-order valence-electron chi connectivity index (χ2n) is 4.88. The number of primary amides is 1. The van der Waals surface area contributed by atoms with E-state index in [1.807, 2.05) is 0 Å². The number of nitrogens with zero attached hydrogens (tertiary/aromatic N) is 1. The third kappa shape index (κ3) is 2.85. The van der Waals surface area contributed by atoms with Gasteiger partial charge in [-0.15, -0.1) is 0 Å². The Balaban J connectivity index is 2.73. The van der Waals surface area contributed by atoms with Gasteiger partial charge in [0.05, 0.1) is 6.10 Å². The zero-order valence-corrected chi connectivity index (χ0v) is 9.77. The van der Waals surface area contributed by atoms with Crippen LogP contribution in [0.25, 0.3) is 0 Å². The summed E-state index contributed by atoms with van der Waals surface area (Å²) in [6, 6.07) is -0.977. The zero-order chi connectivity index (χ0) is 12.5. The molecule has 0 aliphatic carbocycles. The van der Waals surface area contributed by atoms with Crippen LogP contribution in [-0.2, 0) is 9.53 Å². The molecule has 0 aromatic heterocycles. The molecule has 2 atom stereocenters. The van der Waals surface area contributed by atoms with Crippen LogP contribution in [0.1, 0.15) is 27.2 Å². The molecule has 6 nitrogen and oxygen atoms in total. The topological polar surface area (TPSA) is 92.9 Å². The first kappa shape index (κ1) is 12.8. The number of likely N-dealkylation sites (tertiary alicyclic amines) is 1. The molecular weight excluding hydrogens is 212 g/mol. The van der Waals surface area contributed by atoms with Crippen molar-refractivity contribution in [1.82, 2.24) is 4.90 Å². The maximum Gasteiger partial charge on any atom is 0.411 e. The first-order valence-corrected chi connectivity index (χ1v) is 5.19. The van der Waals surface area contributed by atoms with E-state index >= 15 is 0 Å². The van der Waals surface area contributed by atoms with Gasteiger partial charge in [0.1, 0.15) is 11.6 Å². The van der Waals surface area contributed by atoms with E-state index in [4.69, 9.17) is 10.5 Å². The highest BCUT2D eigenvalue weighted by Crippen LogP contribution is 2.20. The zero-order valence-electron chi connectivity index (χ0n) is 9.77. The normalized spacial score (nSPS) is 25.6. The van der Waals surface area contributed by atoms with Gasteiger partial charge in [0.2, 0.25) is 5.91 Å². The monoisotopic (exact) mass is 230 g/mol. The van der Waals surface area contributed by atoms with Crippen LogP contribution in [0.4, 0.5) is 4.79 Å². The molecule has 1 fully saturated rings. The molecule has 1 heterocycles. The summed E-state index contributed by atoms with van der Waals surface area (Å²) in [5.74, 6) is -0.712. The van der Waals surface area contributed by atoms with Gasteiger partial charge in [0, 0.05) is 6.54 Å². The van der Waals surface area contributed by atoms with Crippen LogP contribution in [-0.4, -0.2) is 46.3 Å². The van der Waals surface area contributed by atoms with Crippen LogP contribution in [0, 0.1) is 0 Å². The van der Waals surface area contributed by atoms with Gasteiger partial charge >= 0.3 is 6.09 Å². The van der Waals surface area contributed by atoms with Gasteiger partial charge in [0.25, 0.3) is 0 Å². The number of hydrogen-bond acceptors (Lipinski definition) is 4. The predicted octanol–water partition coefficient (Wildman–Crippen LogP) is -0.158. The van der Waals surface area contributed by atoms with Crippen LogP contribution in [0.5, 0.6) is 0 Å². The Morgan fingerprint density at radius 2 is 2.00 bits per heavy atom. The molecule has 1 aliphatic heterocycles. The number of nitrogens with two attached hydrogens (primary N) is 1. The van der Waals surface area contributed by atoms with Gasteiger partial charge in [-0.2, -0.15) is 0 Å². The average Bonchev–Trinajstić information content (AvgIpc) is 2.43. The van der Waals surface area contributed by atoms with Crippen LogP contribution in [0.3, 0.4) is 0 Å². The van der Waals surface area contributed by atoms with Gasteiger partial charge in [-0.1, -0.05) is 0 Å². The lowest BCUT2D eigenvalue weighted by Crippen LogP contribution is -2.49. The van der Waals surface area contributed by atoms with E-state index in [9.17, 15) is 14.7 Å². The van der Waals surface area contributed by atoms with Crippen molar-refractivity contribution in [2.75, 3.05) is 6.54 Å². The van der Waals surface area contributed by atoms with E-state index in [-0.39, 0.29) is 6.54 Å². The number of aliphatic hydroxyl groups is 1. The molecule has 2 amide bonds. The Morgan fingerprint density at radius 1 is 1.44 bits per heavy atom. The minimum Gasteiger partial charge on any atom is -0.444 e. The van der Waals surface area contributed by atoms with E-state index in [2.05, 4.69) is 0 Å². The number of carbonyl (C=O) groups is 2. The first-order chi connectivity index (χ1) is 7.22. The molecule has 6 heteroatoms. The molecule has 92 valence electrons. The number of hydrogen-bond donors (Lipinski definition) is 2. The minimum absolute atomic E-state index is 0.281. The largest absolute Gasteiger partial charge is 0.444 e. The fourth-order valence-corrected chi connectivity index (χ4v) is 1.64. The summed E-state index contributed by atoms with van der Waals surface area (Å²) in [4.78, 5) is 24.0. The Hall–Kier alpha value is -1.30. The molecule has 0 saturated carbocycles. The van der Waals surface area contributed by atoms with Crippen molar-refractivity contribution in [3.8, 4) is 0 Å². The Kier molecular flexibility index (Phi) is 3.42. The van der Waals surface area contributed by atoms with Gasteiger partial charge in [-0.05, 0) is 27.2 Å². The molecule has 0 aromatic carbocycles. The van der Waals surface area contributed by atoms with E-state index in [0.29, 0.717) is 6.42 Å². The third-order valence-electron chi connectivity index (χ3n) is 2.29. The summed E-state index contributed by atoms with van der Waals surface area (Å²) in [5, 5.41) is 9.53. The van der Waals surface area contributed by atoms with Crippen LogP contribution in [0.15, 0.2) is 0 Å². The van der Waals surface area contributed by atoms with Crippen molar-refractivity contribution in [1.29, 1.82) is 0 Å². The molecule has 1 saturated heterocycles. The smallest absolute Gasteiger partial charge is 0.411 e. The predicted molar refractivity (Wildman–Crippen MR) is 56.5 cm³/mol. The lowest BCUT2D eigenvalue weighted by atomic mass is 10.1. The Labute approximate surface area is 94.3 Å². The lowest BCUT2D eigenvalue weighted by Gasteiger charge is -2.27. The van der Waals surface area contributed by atoms with E-state index in [1.54, 1.807) is 20.8 Å². The Bertz CT molecular complexity index is 298. The second-order valence-corrected chi connectivity index (χ2v) is 4.88. The average molecular weight is 230 g/mol. The van der Waals surface area contributed by atoms with Crippen molar-refractivity contribution < 1.29 is 19.4 Å². The number of aliphatic hydroxyl groups excluding tert-OH is 1. The molecule has 0 aromatic rings. The molecule has 0 spiro atoms. The van der Waals surface area contributed by atoms with Gasteiger partial charge in [-0.25, -0.2) is 4.79 Å². The molecule has 1 aliphatic rings. The van der Waals surface area contributed by atoms with E-state index in [0.717, 1.165) is 0 Å². The maximum absolute atomic E-state index is 11.7. The molecule has 3 N–H and O–H groups in total. The second kappa shape index (κ2) is 4.29. The number of ether oxygens (including phenoxy) is 1. The van der Waals surface area contributed by atoms with E-state index < -0.39 is 29.7 Å². The van der Waals surface area contributed by atoms with E-state index in [1.165, 1.54) is 4.90 Å². The molecular formula is C10H18N2O4.